The summed E-state index contributed by atoms with van der Waals surface area (Å²) in [4.78, 5) is 16.5. The maximum absolute atomic E-state index is 12.1. The van der Waals surface area contributed by atoms with Crippen LogP contribution in [0, 0.1) is 0 Å². The number of nitrogens with zero attached hydrogens (tertiary/aromatic N) is 2. The molecule has 0 fully saturated rings. The topological polar surface area (TPSA) is 46.9 Å². The van der Waals surface area contributed by atoms with E-state index in [1.165, 1.54) is 0 Å². The second-order valence-corrected chi connectivity index (χ2v) is 6.45. The Labute approximate surface area is 127 Å². The number of thiazole rings is 1. The van der Waals surface area contributed by atoms with Gasteiger partial charge in [-0.05, 0) is 19.9 Å². The number of aromatic nitrogens is 2. The van der Waals surface area contributed by atoms with Crippen molar-refractivity contribution in [3.8, 4) is 0 Å². The van der Waals surface area contributed by atoms with E-state index in [0.29, 0.717) is 0 Å². The van der Waals surface area contributed by atoms with Crippen molar-refractivity contribution >= 4 is 27.9 Å². The van der Waals surface area contributed by atoms with E-state index in [1.807, 2.05) is 29.6 Å². The van der Waals surface area contributed by atoms with Crippen molar-refractivity contribution in [3.05, 3.63) is 57.3 Å². The van der Waals surface area contributed by atoms with Crippen LogP contribution in [-0.4, -0.2) is 9.55 Å². The van der Waals surface area contributed by atoms with Crippen LogP contribution in [0.25, 0.3) is 10.9 Å². The number of benzene rings is 1. The number of fused-ring (bicyclic) bond motifs is 1. The lowest BCUT2D eigenvalue weighted by molar-refractivity contribution is 0.605. The molecule has 0 amide bonds. The largest absolute Gasteiger partial charge is 0.373 e. The predicted octanol–water partition coefficient (Wildman–Crippen LogP) is 3.34. The van der Waals surface area contributed by atoms with Crippen molar-refractivity contribution in [3.63, 3.8) is 0 Å². The molecule has 21 heavy (non-hydrogen) atoms. The molecule has 1 aromatic carbocycles. The van der Waals surface area contributed by atoms with Gasteiger partial charge in [-0.1, -0.05) is 18.2 Å². The van der Waals surface area contributed by atoms with Crippen molar-refractivity contribution in [1.82, 2.24) is 9.55 Å². The molecule has 3 rings (SSSR count). The fourth-order valence-corrected chi connectivity index (χ4v) is 3.15. The fraction of sp³-hybridized carbons (Fsp3) is 0.250. The van der Waals surface area contributed by atoms with Gasteiger partial charge in [-0.2, -0.15) is 0 Å². The van der Waals surface area contributed by atoms with E-state index in [1.54, 1.807) is 35.2 Å². The number of aryl methyl sites for hydroxylation is 1. The lowest BCUT2D eigenvalue weighted by Gasteiger charge is -2.26. The normalized spacial score (nSPS) is 11.8. The van der Waals surface area contributed by atoms with Crippen molar-refractivity contribution in [2.75, 3.05) is 5.32 Å². The Hall–Kier alpha value is -2.14. The Kier molecular flexibility index (Phi) is 3.29. The van der Waals surface area contributed by atoms with Crippen LogP contribution >= 0.6 is 11.3 Å². The summed E-state index contributed by atoms with van der Waals surface area (Å²) in [5, 5.41) is 7.45. The minimum absolute atomic E-state index is 0.0221. The Balaban J connectivity index is 2.14. The van der Waals surface area contributed by atoms with Gasteiger partial charge >= 0.3 is 0 Å². The number of hydrogen-bond donors (Lipinski definition) is 1. The van der Waals surface area contributed by atoms with E-state index in [0.717, 1.165) is 21.6 Å². The van der Waals surface area contributed by atoms with Gasteiger partial charge in [-0.3, -0.25) is 4.79 Å². The van der Waals surface area contributed by atoms with Crippen LogP contribution in [0.5, 0.6) is 0 Å². The Morgan fingerprint density at radius 2 is 2.05 bits per heavy atom. The quantitative estimate of drug-likeness (QED) is 0.807. The van der Waals surface area contributed by atoms with Gasteiger partial charge in [-0.25, -0.2) is 4.98 Å². The zero-order valence-corrected chi connectivity index (χ0v) is 13.1. The monoisotopic (exact) mass is 299 g/mol. The summed E-state index contributed by atoms with van der Waals surface area (Å²) in [6.07, 6.45) is 1.80. The van der Waals surface area contributed by atoms with E-state index in [4.69, 9.17) is 0 Å². The van der Waals surface area contributed by atoms with Crippen molar-refractivity contribution < 1.29 is 0 Å². The number of nitrogens with one attached hydrogen (secondary N) is 1. The summed E-state index contributed by atoms with van der Waals surface area (Å²) in [6, 6.07) is 9.55. The van der Waals surface area contributed by atoms with Crippen molar-refractivity contribution in [1.29, 1.82) is 0 Å². The molecule has 0 atom stereocenters. The van der Waals surface area contributed by atoms with Gasteiger partial charge in [0.15, 0.2) is 0 Å². The first-order valence-corrected chi connectivity index (χ1v) is 7.64. The van der Waals surface area contributed by atoms with E-state index in [9.17, 15) is 4.79 Å². The highest BCUT2D eigenvalue weighted by atomic mass is 32.1. The Morgan fingerprint density at radius 1 is 1.29 bits per heavy atom. The second-order valence-electron chi connectivity index (χ2n) is 5.56. The third kappa shape index (κ3) is 2.45. The second kappa shape index (κ2) is 5.00. The standard InChI is InChI=1S/C16H17N3OS/c1-16(2,15-17-8-9-21-15)18-12-10-14(20)19(3)13-7-5-4-6-11(12)13/h4-10,18H,1-3H3. The van der Waals surface area contributed by atoms with E-state index >= 15 is 0 Å². The summed E-state index contributed by atoms with van der Waals surface area (Å²) in [7, 11) is 1.79. The summed E-state index contributed by atoms with van der Waals surface area (Å²) < 4.78 is 1.66. The van der Waals surface area contributed by atoms with Crippen LogP contribution in [0.4, 0.5) is 5.69 Å². The molecule has 2 aromatic heterocycles. The molecule has 5 heteroatoms. The van der Waals surface area contributed by atoms with Gasteiger partial charge in [-0.15, -0.1) is 11.3 Å². The first kappa shape index (κ1) is 13.8. The minimum atomic E-state index is -0.330. The molecule has 0 aliphatic carbocycles. The highest BCUT2D eigenvalue weighted by molar-refractivity contribution is 7.09. The van der Waals surface area contributed by atoms with Crippen molar-refractivity contribution in [2.45, 2.75) is 19.4 Å². The van der Waals surface area contributed by atoms with Crippen LogP contribution in [0.3, 0.4) is 0 Å². The average Bonchev–Trinajstić information content (AvgIpc) is 2.99. The highest BCUT2D eigenvalue weighted by Gasteiger charge is 2.24. The molecule has 0 spiro atoms. The smallest absolute Gasteiger partial charge is 0.252 e. The first-order valence-electron chi connectivity index (χ1n) is 6.76. The zero-order chi connectivity index (χ0) is 15.0. The molecule has 0 radical (unpaired) electrons. The molecule has 0 unspecified atom stereocenters. The van der Waals surface area contributed by atoms with Crippen LogP contribution < -0.4 is 10.9 Å². The molecule has 0 saturated heterocycles. The zero-order valence-electron chi connectivity index (χ0n) is 12.3. The number of pyridine rings is 1. The number of para-hydroxylation sites is 1. The lowest BCUT2D eigenvalue weighted by Crippen LogP contribution is -2.29. The number of hydrogen-bond acceptors (Lipinski definition) is 4. The predicted molar refractivity (Wildman–Crippen MR) is 88.0 cm³/mol. The van der Waals surface area contributed by atoms with E-state index < -0.39 is 0 Å². The summed E-state index contributed by atoms with van der Waals surface area (Å²) in [5.74, 6) is 0. The SMILES string of the molecule is Cn1c(=O)cc(NC(C)(C)c2nccs2)c2ccccc21. The number of anilines is 1. The van der Waals surface area contributed by atoms with Gasteiger partial charge in [0.05, 0.1) is 11.1 Å². The molecule has 0 aliphatic rings. The number of rotatable bonds is 3. The fourth-order valence-electron chi connectivity index (χ4n) is 2.44. The van der Waals surface area contributed by atoms with Crippen LogP contribution in [0.1, 0.15) is 18.9 Å². The minimum Gasteiger partial charge on any atom is -0.373 e. The third-order valence-electron chi connectivity index (χ3n) is 3.57. The van der Waals surface area contributed by atoms with E-state index in [-0.39, 0.29) is 11.1 Å². The van der Waals surface area contributed by atoms with E-state index in [2.05, 4.69) is 24.1 Å². The summed E-state index contributed by atoms with van der Waals surface area (Å²) >= 11 is 1.60. The molecule has 3 aromatic rings. The lowest BCUT2D eigenvalue weighted by atomic mass is 10.0. The molecule has 4 nitrogen and oxygen atoms in total. The van der Waals surface area contributed by atoms with Gasteiger partial charge in [0.25, 0.3) is 5.56 Å². The summed E-state index contributed by atoms with van der Waals surface area (Å²) in [5.41, 5.74) is 1.41. The molecule has 2 heterocycles. The molecular formula is C16H17N3OS. The average molecular weight is 299 g/mol. The van der Waals surface area contributed by atoms with Crippen LogP contribution in [-0.2, 0) is 12.6 Å². The molecule has 108 valence electrons. The molecule has 0 bridgehead atoms. The molecule has 0 aliphatic heterocycles. The first-order chi connectivity index (χ1) is 9.99. The highest BCUT2D eigenvalue weighted by Crippen LogP contribution is 2.30. The van der Waals surface area contributed by atoms with Gasteiger partial charge in [0, 0.05) is 35.8 Å². The molecule has 1 N–H and O–H groups in total. The Bertz CT molecular complexity index is 834. The maximum Gasteiger partial charge on any atom is 0.252 e. The third-order valence-corrected chi connectivity index (χ3v) is 4.66. The van der Waals surface area contributed by atoms with Crippen LogP contribution in [0.15, 0.2) is 46.7 Å². The van der Waals surface area contributed by atoms with Crippen LogP contribution in [0.2, 0.25) is 0 Å². The van der Waals surface area contributed by atoms with Gasteiger partial charge in [0.2, 0.25) is 0 Å². The molecule has 0 saturated carbocycles. The maximum atomic E-state index is 12.1. The van der Waals surface area contributed by atoms with Crippen molar-refractivity contribution in [2.24, 2.45) is 7.05 Å². The van der Waals surface area contributed by atoms with Gasteiger partial charge < -0.3 is 9.88 Å². The molecular weight excluding hydrogens is 282 g/mol. The van der Waals surface area contributed by atoms with Gasteiger partial charge in [0.1, 0.15) is 5.01 Å². The summed E-state index contributed by atoms with van der Waals surface area (Å²) in [6.45, 7) is 4.14. The Morgan fingerprint density at radius 3 is 2.76 bits per heavy atom.